The van der Waals surface area contributed by atoms with E-state index in [2.05, 4.69) is 5.32 Å². The Bertz CT molecular complexity index is 757. The molecule has 0 saturated heterocycles. The first-order valence-corrected chi connectivity index (χ1v) is 8.60. The SMILES string of the molecule is CC(=O)N(CCC(=O)Nc1cc(Cl)ccc1C)Cc1ccc(C)cc1. The molecule has 5 heteroatoms. The molecule has 2 rings (SSSR count). The van der Waals surface area contributed by atoms with Crippen LogP contribution < -0.4 is 5.32 Å². The van der Waals surface area contributed by atoms with Crippen LogP contribution in [0.2, 0.25) is 5.02 Å². The number of carbonyl (C=O) groups excluding carboxylic acids is 2. The van der Waals surface area contributed by atoms with Crippen molar-refractivity contribution in [2.45, 2.75) is 33.7 Å². The second kappa shape index (κ2) is 8.67. The van der Waals surface area contributed by atoms with Crippen LogP contribution in [0.1, 0.15) is 30.0 Å². The van der Waals surface area contributed by atoms with Crippen molar-refractivity contribution in [2.75, 3.05) is 11.9 Å². The Kier molecular flexibility index (Phi) is 6.59. The largest absolute Gasteiger partial charge is 0.338 e. The van der Waals surface area contributed by atoms with Gasteiger partial charge in [-0.1, -0.05) is 47.5 Å². The van der Waals surface area contributed by atoms with E-state index in [0.717, 1.165) is 11.1 Å². The molecule has 0 bridgehead atoms. The van der Waals surface area contributed by atoms with E-state index in [9.17, 15) is 9.59 Å². The molecule has 0 radical (unpaired) electrons. The van der Waals surface area contributed by atoms with Crippen LogP contribution in [0.4, 0.5) is 5.69 Å². The van der Waals surface area contributed by atoms with Crippen LogP contribution in [-0.4, -0.2) is 23.3 Å². The van der Waals surface area contributed by atoms with Gasteiger partial charge in [-0.3, -0.25) is 9.59 Å². The molecule has 4 nitrogen and oxygen atoms in total. The lowest BCUT2D eigenvalue weighted by atomic mass is 10.1. The summed E-state index contributed by atoms with van der Waals surface area (Å²) >= 11 is 5.97. The highest BCUT2D eigenvalue weighted by Gasteiger charge is 2.13. The Hall–Kier alpha value is -2.33. The molecule has 2 amide bonds. The molecule has 0 aromatic heterocycles. The second-order valence-corrected chi connectivity index (χ2v) is 6.62. The summed E-state index contributed by atoms with van der Waals surface area (Å²) in [6, 6.07) is 13.4. The number of anilines is 1. The number of nitrogens with one attached hydrogen (secondary N) is 1. The van der Waals surface area contributed by atoms with Gasteiger partial charge in [-0.05, 0) is 37.1 Å². The van der Waals surface area contributed by atoms with Crippen molar-refractivity contribution < 1.29 is 9.59 Å². The van der Waals surface area contributed by atoms with Crippen molar-refractivity contribution in [3.8, 4) is 0 Å². The lowest BCUT2D eigenvalue weighted by Gasteiger charge is -2.21. The smallest absolute Gasteiger partial charge is 0.226 e. The molecule has 0 aliphatic carbocycles. The van der Waals surface area contributed by atoms with E-state index in [-0.39, 0.29) is 18.2 Å². The molecule has 25 heavy (non-hydrogen) atoms. The number of hydrogen-bond donors (Lipinski definition) is 1. The maximum atomic E-state index is 12.2. The Morgan fingerprint density at radius 1 is 1.08 bits per heavy atom. The van der Waals surface area contributed by atoms with Gasteiger partial charge in [0.1, 0.15) is 0 Å². The van der Waals surface area contributed by atoms with Gasteiger partial charge in [0.05, 0.1) is 0 Å². The Balaban J connectivity index is 1.93. The zero-order chi connectivity index (χ0) is 18.4. The molecule has 0 aliphatic rings. The standard InChI is InChI=1S/C20H23ClN2O2/c1-14-4-7-17(8-5-14)13-23(16(3)24)11-10-20(25)22-19-12-18(21)9-6-15(19)2/h4-9,12H,10-11,13H2,1-3H3,(H,22,25). The van der Waals surface area contributed by atoms with Gasteiger partial charge in [0, 0.05) is 37.1 Å². The third kappa shape index (κ3) is 5.91. The summed E-state index contributed by atoms with van der Waals surface area (Å²) in [5, 5.41) is 3.43. The maximum absolute atomic E-state index is 12.2. The molecule has 0 unspecified atom stereocenters. The molecule has 132 valence electrons. The molecule has 0 spiro atoms. The molecule has 2 aromatic carbocycles. The van der Waals surface area contributed by atoms with E-state index in [1.54, 1.807) is 17.0 Å². The molecule has 1 N–H and O–H groups in total. The number of hydrogen-bond acceptors (Lipinski definition) is 2. The molecule has 0 fully saturated rings. The predicted molar refractivity (Wildman–Crippen MR) is 102 cm³/mol. The Morgan fingerprint density at radius 2 is 1.76 bits per heavy atom. The maximum Gasteiger partial charge on any atom is 0.226 e. The van der Waals surface area contributed by atoms with Gasteiger partial charge in [-0.2, -0.15) is 0 Å². The van der Waals surface area contributed by atoms with E-state index in [4.69, 9.17) is 11.6 Å². The second-order valence-electron chi connectivity index (χ2n) is 6.18. The topological polar surface area (TPSA) is 49.4 Å². The van der Waals surface area contributed by atoms with E-state index < -0.39 is 0 Å². The average Bonchev–Trinajstić information content (AvgIpc) is 2.56. The summed E-state index contributed by atoms with van der Waals surface area (Å²) in [6.07, 6.45) is 0.234. The van der Waals surface area contributed by atoms with Crippen LogP contribution in [-0.2, 0) is 16.1 Å². The summed E-state index contributed by atoms with van der Waals surface area (Å²) in [7, 11) is 0. The number of carbonyl (C=O) groups is 2. The van der Waals surface area contributed by atoms with Gasteiger partial charge in [-0.25, -0.2) is 0 Å². The molecule has 2 aromatic rings. The normalized spacial score (nSPS) is 10.4. The number of rotatable bonds is 6. The van der Waals surface area contributed by atoms with Crippen molar-refractivity contribution in [3.05, 3.63) is 64.2 Å². The summed E-state index contributed by atoms with van der Waals surface area (Å²) in [5.41, 5.74) is 3.87. The zero-order valence-electron chi connectivity index (χ0n) is 14.8. The molecule has 0 atom stereocenters. The number of amides is 2. The number of nitrogens with zero attached hydrogens (tertiary/aromatic N) is 1. The third-order valence-electron chi connectivity index (χ3n) is 4.02. The van der Waals surface area contributed by atoms with Crippen molar-refractivity contribution in [2.24, 2.45) is 0 Å². The van der Waals surface area contributed by atoms with Crippen molar-refractivity contribution in [3.63, 3.8) is 0 Å². The highest BCUT2D eigenvalue weighted by atomic mass is 35.5. The first-order valence-electron chi connectivity index (χ1n) is 8.22. The van der Waals surface area contributed by atoms with Gasteiger partial charge < -0.3 is 10.2 Å². The molecular weight excluding hydrogens is 336 g/mol. The minimum atomic E-state index is -0.138. The van der Waals surface area contributed by atoms with Crippen molar-refractivity contribution in [1.29, 1.82) is 0 Å². The highest BCUT2D eigenvalue weighted by molar-refractivity contribution is 6.31. The first-order chi connectivity index (χ1) is 11.8. The van der Waals surface area contributed by atoms with Gasteiger partial charge in [-0.15, -0.1) is 0 Å². The third-order valence-corrected chi connectivity index (χ3v) is 4.26. The number of aryl methyl sites for hydroxylation is 2. The van der Waals surface area contributed by atoms with E-state index >= 15 is 0 Å². The molecule has 0 heterocycles. The fraction of sp³-hybridized carbons (Fsp3) is 0.300. The summed E-state index contributed by atoms with van der Waals surface area (Å²) < 4.78 is 0. The lowest BCUT2D eigenvalue weighted by Crippen LogP contribution is -2.31. The van der Waals surface area contributed by atoms with Gasteiger partial charge >= 0.3 is 0 Å². The summed E-state index contributed by atoms with van der Waals surface area (Å²) in [4.78, 5) is 25.7. The van der Waals surface area contributed by atoms with Gasteiger partial charge in [0.25, 0.3) is 0 Å². The van der Waals surface area contributed by atoms with Crippen molar-refractivity contribution >= 4 is 29.1 Å². The van der Waals surface area contributed by atoms with Crippen LogP contribution in [0.25, 0.3) is 0 Å². The minimum absolute atomic E-state index is 0.0488. The van der Waals surface area contributed by atoms with Crippen molar-refractivity contribution in [1.82, 2.24) is 4.90 Å². The van der Waals surface area contributed by atoms with Gasteiger partial charge in [0.15, 0.2) is 0 Å². The summed E-state index contributed by atoms with van der Waals surface area (Å²) in [6.45, 7) is 6.32. The molecular formula is C20H23ClN2O2. The van der Waals surface area contributed by atoms with E-state index in [1.165, 1.54) is 12.5 Å². The molecule has 0 saturated carbocycles. The Labute approximate surface area is 153 Å². The van der Waals surface area contributed by atoms with E-state index in [0.29, 0.717) is 23.8 Å². The highest BCUT2D eigenvalue weighted by Crippen LogP contribution is 2.20. The van der Waals surface area contributed by atoms with Crippen LogP contribution in [0.3, 0.4) is 0 Å². The number of benzene rings is 2. The number of halogens is 1. The van der Waals surface area contributed by atoms with E-state index in [1.807, 2.05) is 44.2 Å². The fourth-order valence-electron chi connectivity index (χ4n) is 2.44. The summed E-state index contributed by atoms with van der Waals surface area (Å²) in [5.74, 6) is -0.187. The fourth-order valence-corrected chi connectivity index (χ4v) is 2.61. The molecule has 0 aliphatic heterocycles. The van der Waals surface area contributed by atoms with Crippen LogP contribution in [0.5, 0.6) is 0 Å². The quantitative estimate of drug-likeness (QED) is 0.835. The predicted octanol–water partition coefficient (Wildman–Crippen LogP) is 4.33. The Morgan fingerprint density at radius 3 is 2.40 bits per heavy atom. The van der Waals surface area contributed by atoms with Crippen LogP contribution in [0.15, 0.2) is 42.5 Å². The first kappa shape index (κ1) is 19.0. The monoisotopic (exact) mass is 358 g/mol. The zero-order valence-corrected chi connectivity index (χ0v) is 15.6. The van der Waals surface area contributed by atoms with Crippen LogP contribution >= 0.6 is 11.6 Å². The van der Waals surface area contributed by atoms with Crippen LogP contribution in [0, 0.1) is 13.8 Å². The minimum Gasteiger partial charge on any atom is -0.338 e. The average molecular weight is 359 g/mol. The van der Waals surface area contributed by atoms with Gasteiger partial charge in [0.2, 0.25) is 11.8 Å². The lowest BCUT2D eigenvalue weighted by molar-refractivity contribution is -0.129.